The number of hydrogen-bond acceptors (Lipinski definition) is 8. The maximum atomic E-state index is 13.5. The number of aliphatic hydroxyl groups is 1. The van der Waals surface area contributed by atoms with Crippen molar-refractivity contribution in [2.75, 3.05) is 4.90 Å². The Labute approximate surface area is 185 Å². The molecule has 154 valence electrons. The number of rotatable bonds is 4. The lowest BCUT2D eigenvalue weighted by atomic mass is 9.96. The van der Waals surface area contributed by atoms with Crippen molar-refractivity contribution in [2.45, 2.75) is 19.9 Å². The maximum absolute atomic E-state index is 13.5. The van der Waals surface area contributed by atoms with Crippen molar-refractivity contribution in [3.05, 3.63) is 81.3 Å². The molecule has 1 atom stereocenters. The Balaban J connectivity index is 1.69. The molecule has 0 saturated carbocycles. The fourth-order valence-electron chi connectivity index (χ4n) is 3.72. The number of amides is 1. The van der Waals surface area contributed by atoms with Crippen LogP contribution in [-0.4, -0.2) is 31.7 Å². The van der Waals surface area contributed by atoms with Crippen LogP contribution in [0.4, 0.5) is 5.13 Å². The number of carbonyl (C=O) groups is 2. The number of anilines is 1. The van der Waals surface area contributed by atoms with Gasteiger partial charge in [-0.2, -0.15) is 0 Å². The molecule has 0 radical (unpaired) electrons. The zero-order valence-electron chi connectivity index (χ0n) is 16.6. The molecule has 5 rings (SSSR count). The van der Waals surface area contributed by atoms with E-state index in [2.05, 4.69) is 15.0 Å². The zero-order valence-corrected chi connectivity index (χ0v) is 18.2. The zero-order chi connectivity index (χ0) is 21.7. The molecule has 3 aromatic heterocycles. The topological polar surface area (TPSA) is 96.3 Å². The van der Waals surface area contributed by atoms with Crippen molar-refractivity contribution in [3.8, 4) is 0 Å². The molecular weight excluding hydrogens is 432 g/mol. The Morgan fingerprint density at radius 3 is 2.48 bits per heavy atom. The predicted molar refractivity (Wildman–Crippen MR) is 120 cm³/mol. The number of nitrogens with zero attached hydrogens (tertiary/aromatic N) is 4. The second-order valence-corrected chi connectivity index (χ2v) is 9.27. The number of Topliss-reactive ketones (excluding diaryl/α,β-unsaturated/α-hetero) is 1. The first kappa shape index (κ1) is 19.5. The van der Waals surface area contributed by atoms with E-state index in [4.69, 9.17) is 0 Å². The minimum Gasteiger partial charge on any atom is -0.503 e. The van der Waals surface area contributed by atoms with Crippen LogP contribution >= 0.6 is 22.7 Å². The van der Waals surface area contributed by atoms with Gasteiger partial charge in [-0.25, -0.2) is 9.97 Å². The molecule has 0 bridgehead atoms. The summed E-state index contributed by atoms with van der Waals surface area (Å²) in [5.41, 5.74) is 2.01. The molecule has 31 heavy (non-hydrogen) atoms. The molecule has 4 heterocycles. The van der Waals surface area contributed by atoms with Crippen LogP contribution in [-0.2, 0) is 4.79 Å². The molecule has 0 fully saturated rings. The molecule has 0 saturated heterocycles. The highest BCUT2D eigenvalue weighted by molar-refractivity contribution is 7.22. The van der Waals surface area contributed by atoms with E-state index in [9.17, 15) is 14.7 Å². The number of aromatic nitrogens is 3. The summed E-state index contributed by atoms with van der Waals surface area (Å²) in [5, 5.41) is 12.0. The number of para-hydroxylation sites is 1. The third-order valence-corrected chi connectivity index (χ3v) is 7.18. The normalized spacial score (nSPS) is 16.5. The number of thiazole rings is 2. The Bertz CT molecular complexity index is 1340. The highest BCUT2D eigenvalue weighted by Gasteiger charge is 2.46. The molecule has 1 aliphatic rings. The molecule has 1 aromatic carbocycles. The van der Waals surface area contributed by atoms with E-state index < -0.39 is 23.5 Å². The van der Waals surface area contributed by atoms with E-state index in [0.717, 1.165) is 15.2 Å². The molecule has 9 heteroatoms. The first-order chi connectivity index (χ1) is 15.0. The average Bonchev–Trinajstić information content (AvgIpc) is 3.42. The molecule has 1 amide bonds. The summed E-state index contributed by atoms with van der Waals surface area (Å²) >= 11 is 2.58. The van der Waals surface area contributed by atoms with Crippen LogP contribution in [0.1, 0.15) is 32.0 Å². The van der Waals surface area contributed by atoms with Gasteiger partial charge in [0.15, 0.2) is 10.9 Å². The molecule has 1 unspecified atom stereocenters. The number of pyridine rings is 1. The Kier molecular flexibility index (Phi) is 4.64. The van der Waals surface area contributed by atoms with Gasteiger partial charge in [-0.3, -0.25) is 19.5 Å². The standard InChI is InChI=1S/C22H16N4O3S2/c1-11-20(30-12(2)24-11)18(27)16-17(13-7-9-23-10-8-13)26(21(29)19(16)28)22-25-14-5-3-4-6-15(14)31-22/h3-10,17,28H,1-2H3. The fourth-order valence-corrected chi connectivity index (χ4v) is 5.59. The minimum atomic E-state index is -0.814. The van der Waals surface area contributed by atoms with E-state index in [-0.39, 0.29) is 5.57 Å². The summed E-state index contributed by atoms with van der Waals surface area (Å²) in [7, 11) is 0. The van der Waals surface area contributed by atoms with Gasteiger partial charge in [0.25, 0.3) is 5.91 Å². The van der Waals surface area contributed by atoms with Gasteiger partial charge in [-0.15, -0.1) is 11.3 Å². The second-order valence-electron chi connectivity index (χ2n) is 7.06. The quantitative estimate of drug-likeness (QED) is 0.460. The lowest BCUT2D eigenvalue weighted by Crippen LogP contribution is -2.31. The van der Waals surface area contributed by atoms with Crippen molar-refractivity contribution in [2.24, 2.45) is 0 Å². The van der Waals surface area contributed by atoms with Crippen LogP contribution in [0.3, 0.4) is 0 Å². The van der Waals surface area contributed by atoms with Gasteiger partial charge in [0.1, 0.15) is 0 Å². The SMILES string of the molecule is Cc1nc(C)c(C(=O)C2=C(O)C(=O)N(c3nc4ccccc4s3)C2c2ccncc2)s1. The van der Waals surface area contributed by atoms with Gasteiger partial charge in [-0.05, 0) is 43.7 Å². The van der Waals surface area contributed by atoms with Gasteiger partial charge >= 0.3 is 0 Å². The molecule has 0 aliphatic carbocycles. The molecule has 1 aliphatic heterocycles. The average molecular weight is 449 g/mol. The Morgan fingerprint density at radius 2 is 1.81 bits per heavy atom. The number of aliphatic hydroxyl groups excluding tert-OH is 1. The largest absolute Gasteiger partial charge is 0.503 e. The van der Waals surface area contributed by atoms with Crippen molar-refractivity contribution in [1.29, 1.82) is 0 Å². The van der Waals surface area contributed by atoms with Gasteiger partial charge in [-0.1, -0.05) is 23.5 Å². The van der Waals surface area contributed by atoms with Crippen LogP contribution < -0.4 is 4.90 Å². The fraction of sp³-hybridized carbons (Fsp3) is 0.136. The summed E-state index contributed by atoms with van der Waals surface area (Å²) in [5.74, 6) is -1.61. The van der Waals surface area contributed by atoms with Crippen LogP contribution in [0.5, 0.6) is 0 Å². The summed E-state index contributed by atoms with van der Waals surface area (Å²) in [6.45, 7) is 3.56. The van der Waals surface area contributed by atoms with Crippen LogP contribution in [0.25, 0.3) is 10.2 Å². The van der Waals surface area contributed by atoms with Crippen molar-refractivity contribution >= 4 is 49.7 Å². The number of ketones is 1. The van der Waals surface area contributed by atoms with E-state index in [1.165, 1.54) is 27.6 Å². The summed E-state index contributed by atoms with van der Waals surface area (Å²) < 4.78 is 0.909. The molecule has 0 spiro atoms. The van der Waals surface area contributed by atoms with Gasteiger partial charge < -0.3 is 5.11 Å². The van der Waals surface area contributed by atoms with Crippen LogP contribution in [0.2, 0.25) is 0 Å². The molecule has 4 aromatic rings. The molecule has 7 nitrogen and oxygen atoms in total. The lowest BCUT2D eigenvalue weighted by Gasteiger charge is -2.24. The smallest absolute Gasteiger partial charge is 0.296 e. The number of benzene rings is 1. The lowest BCUT2D eigenvalue weighted by molar-refractivity contribution is -0.117. The highest BCUT2D eigenvalue weighted by Crippen LogP contribution is 2.44. The third kappa shape index (κ3) is 3.13. The highest BCUT2D eigenvalue weighted by atomic mass is 32.1. The minimum absolute atomic E-state index is 0.0298. The van der Waals surface area contributed by atoms with E-state index in [0.29, 0.717) is 21.3 Å². The molecule has 1 N–H and O–H groups in total. The van der Waals surface area contributed by atoms with E-state index in [1.54, 1.807) is 31.5 Å². The van der Waals surface area contributed by atoms with Gasteiger partial charge in [0, 0.05) is 12.4 Å². The van der Waals surface area contributed by atoms with Crippen molar-refractivity contribution < 1.29 is 14.7 Å². The summed E-state index contributed by atoms with van der Waals surface area (Å²) in [4.78, 5) is 41.5. The number of carbonyl (C=O) groups excluding carboxylic acids is 2. The first-order valence-corrected chi connectivity index (χ1v) is 11.1. The van der Waals surface area contributed by atoms with E-state index >= 15 is 0 Å². The summed E-state index contributed by atoms with van der Waals surface area (Å²) in [6, 6.07) is 10.2. The van der Waals surface area contributed by atoms with Crippen LogP contribution in [0, 0.1) is 13.8 Å². The Hall–Kier alpha value is -3.43. The molecular formula is C22H16N4O3S2. The van der Waals surface area contributed by atoms with Gasteiger partial charge in [0.2, 0.25) is 5.78 Å². The van der Waals surface area contributed by atoms with Crippen molar-refractivity contribution in [3.63, 3.8) is 0 Å². The monoisotopic (exact) mass is 448 g/mol. The van der Waals surface area contributed by atoms with Crippen molar-refractivity contribution in [1.82, 2.24) is 15.0 Å². The van der Waals surface area contributed by atoms with Crippen LogP contribution in [0.15, 0.2) is 60.1 Å². The van der Waals surface area contributed by atoms with E-state index in [1.807, 2.05) is 31.2 Å². The number of hydrogen-bond donors (Lipinski definition) is 1. The second kappa shape index (κ2) is 7.36. The first-order valence-electron chi connectivity index (χ1n) is 9.46. The number of aryl methyl sites for hydroxylation is 2. The van der Waals surface area contributed by atoms with Gasteiger partial charge in [0.05, 0.1) is 37.4 Å². The predicted octanol–water partition coefficient (Wildman–Crippen LogP) is 4.55. The maximum Gasteiger partial charge on any atom is 0.296 e. The number of fused-ring (bicyclic) bond motifs is 1. The third-order valence-electron chi connectivity index (χ3n) is 5.07. The Morgan fingerprint density at radius 1 is 1.06 bits per heavy atom. The summed E-state index contributed by atoms with van der Waals surface area (Å²) in [6.07, 6.45) is 3.19.